The summed E-state index contributed by atoms with van der Waals surface area (Å²) in [4.78, 5) is 0. The Bertz CT molecular complexity index is 415. The molecule has 0 aliphatic carbocycles. The van der Waals surface area contributed by atoms with Crippen LogP contribution in [-0.4, -0.2) is 25.7 Å². The minimum absolute atomic E-state index is 0.112. The number of benzene rings is 1. The van der Waals surface area contributed by atoms with Crippen molar-refractivity contribution in [3.05, 3.63) is 35.4 Å². The third-order valence-electron chi connectivity index (χ3n) is 1.57. The molecule has 0 saturated heterocycles. The van der Waals surface area contributed by atoms with Crippen molar-refractivity contribution >= 4 is 26.7 Å². The van der Waals surface area contributed by atoms with Crippen molar-refractivity contribution in [1.29, 1.82) is 10.7 Å². The first-order valence-corrected chi connectivity index (χ1v) is 4.66. The third kappa shape index (κ3) is 2.74. The molecule has 0 spiro atoms. The van der Waals surface area contributed by atoms with Crippen molar-refractivity contribution < 1.29 is 5.11 Å². The van der Waals surface area contributed by atoms with E-state index in [4.69, 9.17) is 15.8 Å². The van der Waals surface area contributed by atoms with E-state index in [1.807, 2.05) is 6.07 Å². The van der Waals surface area contributed by atoms with E-state index >= 15 is 0 Å². The zero-order valence-electron chi connectivity index (χ0n) is 7.19. The van der Waals surface area contributed by atoms with Gasteiger partial charge in [0.15, 0.2) is 0 Å². The van der Waals surface area contributed by atoms with Crippen LogP contribution in [0.3, 0.4) is 0 Å². The molecule has 4 heteroatoms. The number of rotatable bonds is 2. The number of aromatic hydroxyl groups is 1. The van der Waals surface area contributed by atoms with Crippen LogP contribution in [0.5, 0.6) is 5.75 Å². The maximum atomic E-state index is 9.02. The van der Waals surface area contributed by atoms with Crippen molar-refractivity contribution in [2.75, 3.05) is 0 Å². The maximum absolute atomic E-state index is 9.02. The molecule has 0 aliphatic rings. The van der Waals surface area contributed by atoms with Crippen LogP contribution in [0.2, 0.25) is 0 Å². The first kappa shape index (κ1) is 10.5. The second-order valence-electron chi connectivity index (χ2n) is 2.59. The van der Waals surface area contributed by atoms with Gasteiger partial charge in [0.2, 0.25) is 0 Å². The molecule has 0 bridgehead atoms. The van der Waals surface area contributed by atoms with Crippen molar-refractivity contribution in [2.45, 2.75) is 0 Å². The minimum atomic E-state index is 0.112. The summed E-state index contributed by atoms with van der Waals surface area (Å²) < 4.78 is 0.112. The SMILES string of the molecule is N#C/C(=C\c1ccc(O)cc1)C(=N)[Se]. The summed E-state index contributed by atoms with van der Waals surface area (Å²) in [7, 11) is 0. The summed E-state index contributed by atoms with van der Waals surface area (Å²) in [6, 6.07) is 8.32. The first-order chi connectivity index (χ1) is 6.63. The van der Waals surface area contributed by atoms with Gasteiger partial charge < -0.3 is 0 Å². The van der Waals surface area contributed by atoms with Crippen LogP contribution in [0.4, 0.5) is 0 Å². The van der Waals surface area contributed by atoms with Crippen molar-refractivity contribution in [1.82, 2.24) is 0 Å². The number of nitrogens with one attached hydrogen (secondary N) is 1. The monoisotopic (exact) mass is 251 g/mol. The quantitative estimate of drug-likeness (QED) is 0.474. The molecule has 0 fully saturated rings. The van der Waals surface area contributed by atoms with Gasteiger partial charge in [0.05, 0.1) is 0 Å². The molecule has 14 heavy (non-hydrogen) atoms. The fraction of sp³-hybridized carbons (Fsp3) is 0. The molecule has 0 aliphatic heterocycles. The zero-order chi connectivity index (χ0) is 10.6. The normalized spacial score (nSPS) is 10.6. The van der Waals surface area contributed by atoms with Crippen LogP contribution in [0.1, 0.15) is 5.56 Å². The number of hydrogen-bond acceptors (Lipinski definition) is 3. The summed E-state index contributed by atoms with van der Waals surface area (Å²) in [5.41, 5.74) is 1.05. The Hall–Kier alpha value is -1.56. The number of hydrogen-bond donors (Lipinski definition) is 2. The molecular formula is C10H7N2OSe. The molecule has 1 rings (SSSR count). The van der Waals surface area contributed by atoms with Gasteiger partial charge in [0.25, 0.3) is 0 Å². The molecule has 69 valence electrons. The van der Waals surface area contributed by atoms with Gasteiger partial charge in [-0.3, -0.25) is 0 Å². The molecule has 0 saturated carbocycles. The van der Waals surface area contributed by atoms with Crippen LogP contribution in [-0.2, 0) is 0 Å². The van der Waals surface area contributed by atoms with E-state index in [1.165, 1.54) is 12.1 Å². The van der Waals surface area contributed by atoms with Crippen molar-refractivity contribution in [2.24, 2.45) is 0 Å². The van der Waals surface area contributed by atoms with E-state index in [-0.39, 0.29) is 15.9 Å². The number of nitriles is 1. The molecule has 3 nitrogen and oxygen atoms in total. The Balaban J connectivity index is 3.03. The number of phenols is 1. The molecule has 0 heterocycles. The Morgan fingerprint density at radius 2 is 2.00 bits per heavy atom. The van der Waals surface area contributed by atoms with Gasteiger partial charge >= 0.3 is 89.7 Å². The first-order valence-electron chi connectivity index (χ1n) is 3.80. The second kappa shape index (κ2) is 4.61. The average Bonchev–Trinajstić information content (AvgIpc) is 2.16. The number of nitrogens with zero attached hydrogens (tertiary/aromatic N) is 1. The van der Waals surface area contributed by atoms with E-state index in [0.29, 0.717) is 0 Å². The summed E-state index contributed by atoms with van der Waals surface area (Å²) in [5, 5.41) is 25.0. The van der Waals surface area contributed by atoms with Gasteiger partial charge in [-0.05, 0) is 0 Å². The predicted molar refractivity (Wildman–Crippen MR) is 55.2 cm³/mol. The topological polar surface area (TPSA) is 67.9 Å². The van der Waals surface area contributed by atoms with Crippen molar-refractivity contribution in [3.63, 3.8) is 0 Å². The predicted octanol–water partition coefficient (Wildman–Crippen LogP) is 1.44. The van der Waals surface area contributed by atoms with Crippen LogP contribution in [0, 0.1) is 16.7 Å². The molecule has 2 N–H and O–H groups in total. The number of allylic oxidation sites excluding steroid dienone is 1. The van der Waals surface area contributed by atoms with Gasteiger partial charge in [-0.25, -0.2) is 0 Å². The van der Waals surface area contributed by atoms with Gasteiger partial charge in [0, 0.05) is 0 Å². The summed E-state index contributed by atoms with van der Waals surface area (Å²) in [5.74, 6) is 0.179. The fourth-order valence-corrected chi connectivity index (χ4v) is 1.11. The van der Waals surface area contributed by atoms with E-state index in [2.05, 4.69) is 16.0 Å². The molecule has 0 amide bonds. The van der Waals surface area contributed by atoms with E-state index in [1.54, 1.807) is 18.2 Å². The zero-order valence-corrected chi connectivity index (χ0v) is 8.90. The van der Waals surface area contributed by atoms with Gasteiger partial charge in [-0.2, -0.15) is 0 Å². The van der Waals surface area contributed by atoms with Crippen LogP contribution < -0.4 is 0 Å². The summed E-state index contributed by atoms with van der Waals surface area (Å²) in [6.07, 6.45) is 1.58. The second-order valence-corrected chi connectivity index (χ2v) is 3.45. The third-order valence-corrected chi connectivity index (χ3v) is 2.03. The standard InChI is InChI=1S/C10H7N2OSe/c11-6-8(10(12)14)5-7-1-3-9(13)4-2-7/h1-5,12-13H/b8-5+,12-10?. The van der Waals surface area contributed by atoms with Gasteiger partial charge in [-0.1, -0.05) is 0 Å². The Labute approximate surface area is 90.0 Å². The molecule has 1 aromatic carbocycles. The Kier molecular flexibility index (Phi) is 3.47. The molecule has 0 aromatic heterocycles. The molecule has 0 atom stereocenters. The molecular weight excluding hydrogens is 243 g/mol. The van der Waals surface area contributed by atoms with Crippen LogP contribution in [0.15, 0.2) is 29.8 Å². The van der Waals surface area contributed by atoms with Crippen LogP contribution >= 0.6 is 0 Å². The fourth-order valence-electron chi connectivity index (χ4n) is 0.886. The Morgan fingerprint density at radius 1 is 1.43 bits per heavy atom. The Morgan fingerprint density at radius 3 is 2.43 bits per heavy atom. The van der Waals surface area contributed by atoms with E-state index in [0.717, 1.165) is 5.56 Å². The molecule has 1 aromatic rings. The average molecular weight is 250 g/mol. The van der Waals surface area contributed by atoms with E-state index in [9.17, 15) is 0 Å². The van der Waals surface area contributed by atoms with Crippen molar-refractivity contribution in [3.8, 4) is 11.8 Å². The summed E-state index contributed by atoms with van der Waals surface area (Å²) in [6.45, 7) is 0. The van der Waals surface area contributed by atoms with E-state index < -0.39 is 0 Å². The van der Waals surface area contributed by atoms with Gasteiger partial charge in [0.1, 0.15) is 0 Å². The molecule has 1 radical (unpaired) electrons. The number of phenolic OH excluding ortho intramolecular Hbond substituents is 1. The van der Waals surface area contributed by atoms with Crippen LogP contribution in [0.25, 0.3) is 6.08 Å². The summed E-state index contributed by atoms with van der Waals surface area (Å²) >= 11 is 2.47. The van der Waals surface area contributed by atoms with Gasteiger partial charge in [-0.15, -0.1) is 0 Å². The molecule has 0 unspecified atom stereocenters.